The Labute approximate surface area is 128 Å². The smallest absolute Gasteiger partial charge is 0.119 e. The predicted molar refractivity (Wildman–Crippen MR) is 84.7 cm³/mol. The summed E-state index contributed by atoms with van der Waals surface area (Å²) in [4.78, 5) is 0. The van der Waals surface area contributed by atoms with Crippen molar-refractivity contribution in [1.82, 2.24) is 5.32 Å². The van der Waals surface area contributed by atoms with Crippen molar-refractivity contribution < 1.29 is 9.47 Å². The van der Waals surface area contributed by atoms with Gasteiger partial charge in [-0.3, -0.25) is 0 Å². The largest absolute Gasteiger partial charge is 0.491 e. The van der Waals surface area contributed by atoms with Crippen molar-refractivity contribution in [3.05, 3.63) is 29.8 Å². The summed E-state index contributed by atoms with van der Waals surface area (Å²) in [6.07, 6.45) is 6.51. The number of ether oxygens (including phenoxy) is 2. The Kier molecular flexibility index (Phi) is 5.15. The quantitative estimate of drug-likeness (QED) is 0.791. The van der Waals surface area contributed by atoms with Crippen LogP contribution in [0, 0.1) is 5.92 Å². The lowest BCUT2D eigenvalue weighted by molar-refractivity contribution is 0.0679. The van der Waals surface area contributed by atoms with E-state index < -0.39 is 0 Å². The van der Waals surface area contributed by atoms with Crippen molar-refractivity contribution in [3.8, 4) is 5.75 Å². The van der Waals surface area contributed by atoms with Crippen molar-refractivity contribution in [2.45, 2.75) is 51.2 Å². The van der Waals surface area contributed by atoms with Gasteiger partial charge < -0.3 is 14.8 Å². The van der Waals surface area contributed by atoms with E-state index in [9.17, 15) is 0 Å². The lowest BCUT2D eigenvalue weighted by Gasteiger charge is -2.18. The second-order valence-corrected chi connectivity index (χ2v) is 6.33. The van der Waals surface area contributed by atoms with Gasteiger partial charge in [0.1, 0.15) is 12.4 Å². The van der Waals surface area contributed by atoms with Gasteiger partial charge in [-0.15, -0.1) is 0 Å². The lowest BCUT2D eigenvalue weighted by Crippen LogP contribution is -2.23. The molecule has 116 valence electrons. The summed E-state index contributed by atoms with van der Waals surface area (Å²) in [6.45, 7) is 4.97. The van der Waals surface area contributed by atoms with Gasteiger partial charge in [-0.05, 0) is 62.3 Å². The maximum atomic E-state index is 5.82. The van der Waals surface area contributed by atoms with Gasteiger partial charge in [0, 0.05) is 12.6 Å². The zero-order valence-electron chi connectivity index (χ0n) is 13.0. The van der Waals surface area contributed by atoms with Gasteiger partial charge in [0.25, 0.3) is 0 Å². The summed E-state index contributed by atoms with van der Waals surface area (Å²) in [7, 11) is 0. The summed E-state index contributed by atoms with van der Waals surface area (Å²) >= 11 is 0. The van der Waals surface area contributed by atoms with Gasteiger partial charge in [0.2, 0.25) is 0 Å². The molecule has 1 aliphatic carbocycles. The third-order valence-electron chi connectivity index (χ3n) is 4.50. The standard InChI is InChI=1S/C18H27NO2/c1-2-18(19-12-14-5-6-14)15-7-9-16(10-8-15)21-13-17-4-3-11-20-17/h7-10,14,17-19H,2-6,11-13H2,1H3. The normalized spacial score (nSPS) is 23.2. The second kappa shape index (κ2) is 7.28. The summed E-state index contributed by atoms with van der Waals surface area (Å²) in [5.41, 5.74) is 1.36. The number of hydrogen-bond acceptors (Lipinski definition) is 3. The van der Waals surface area contributed by atoms with Gasteiger partial charge in [0.05, 0.1) is 6.10 Å². The van der Waals surface area contributed by atoms with Crippen LogP contribution >= 0.6 is 0 Å². The molecule has 1 aliphatic heterocycles. The molecule has 0 radical (unpaired) electrons. The first-order valence-corrected chi connectivity index (χ1v) is 8.43. The minimum absolute atomic E-state index is 0.285. The van der Waals surface area contributed by atoms with Crippen molar-refractivity contribution in [2.24, 2.45) is 5.92 Å². The van der Waals surface area contributed by atoms with Gasteiger partial charge in [-0.2, -0.15) is 0 Å². The van der Waals surface area contributed by atoms with E-state index in [1.54, 1.807) is 0 Å². The molecule has 1 N–H and O–H groups in total. The Morgan fingerprint density at radius 2 is 2.05 bits per heavy atom. The first kappa shape index (κ1) is 14.9. The fourth-order valence-electron chi connectivity index (χ4n) is 2.89. The zero-order chi connectivity index (χ0) is 14.5. The molecule has 2 fully saturated rings. The summed E-state index contributed by atoms with van der Waals surface area (Å²) in [5.74, 6) is 1.87. The molecule has 0 spiro atoms. The number of nitrogens with one attached hydrogen (secondary N) is 1. The highest BCUT2D eigenvalue weighted by Crippen LogP contribution is 2.29. The maximum absolute atomic E-state index is 5.82. The van der Waals surface area contributed by atoms with E-state index in [-0.39, 0.29) is 6.10 Å². The molecule has 1 aromatic carbocycles. The number of hydrogen-bond donors (Lipinski definition) is 1. The topological polar surface area (TPSA) is 30.5 Å². The van der Waals surface area contributed by atoms with E-state index >= 15 is 0 Å². The van der Waals surface area contributed by atoms with E-state index in [0.29, 0.717) is 12.6 Å². The SMILES string of the molecule is CCC(NCC1CC1)c1ccc(OCC2CCCO2)cc1. The first-order valence-electron chi connectivity index (χ1n) is 8.43. The summed E-state index contributed by atoms with van der Waals surface area (Å²) in [5, 5.41) is 3.68. The molecule has 0 bridgehead atoms. The molecule has 1 saturated heterocycles. The van der Waals surface area contributed by atoms with Crippen LogP contribution in [0.15, 0.2) is 24.3 Å². The number of benzene rings is 1. The molecule has 3 heteroatoms. The van der Waals surface area contributed by atoms with E-state index in [0.717, 1.165) is 44.1 Å². The molecular weight excluding hydrogens is 262 g/mol. The summed E-state index contributed by atoms with van der Waals surface area (Å²) in [6, 6.07) is 9.03. The molecule has 1 saturated carbocycles. The molecule has 1 aromatic rings. The van der Waals surface area contributed by atoms with Crippen LogP contribution in [0.25, 0.3) is 0 Å². The van der Waals surface area contributed by atoms with Crippen LogP contribution in [0.2, 0.25) is 0 Å². The Balaban J connectivity index is 1.49. The molecule has 3 rings (SSSR count). The van der Waals surface area contributed by atoms with E-state index in [1.807, 2.05) is 0 Å². The third kappa shape index (κ3) is 4.45. The highest BCUT2D eigenvalue weighted by Gasteiger charge is 2.22. The van der Waals surface area contributed by atoms with E-state index in [2.05, 4.69) is 36.5 Å². The zero-order valence-corrected chi connectivity index (χ0v) is 13.0. The predicted octanol–water partition coefficient (Wildman–Crippen LogP) is 3.70. The van der Waals surface area contributed by atoms with Crippen molar-refractivity contribution in [1.29, 1.82) is 0 Å². The van der Waals surface area contributed by atoms with Gasteiger partial charge >= 0.3 is 0 Å². The Bertz CT molecular complexity index is 421. The van der Waals surface area contributed by atoms with Crippen LogP contribution in [-0.2, 0) is 4.74 Å². The van der Waals surface area contributed by atoms with Gasteiger partial charge in [-0.1, -0.05) is 19.1 Å². The van der Waals surface area contributed by atoms with E-state index in [4.69, 9.17) is 9.47 Å². The van der Waals surface area contributed by atoms with Gasteiger partial charge in [0.15, 0.2) is 0 Å². The second-order valence-electron chi connectivity index (χ2n) is 6.33. The fourth-order valence-corrected chi connectivity index (χ4v) is 2.89. The monoisotopic (exact) mass is 289 g/mol. The van der Waals surface area contributed by atoms with E-state index in [1.165, 1.54) is 18.4 Å². The van der Waals surface area contributed by atoms with Crippen molar-refractivity contribution >= 4 is 0 Å². The van der Waals surface area contributed by atoms with Crippen LogP contribution in [0.5, 0.6) is 5.75 Å². The summed E-state index contributed by atoms with van der Waals surface area (Å²) < 4.78 is 11.4. The van der Waals surface area contributed by atoms with Crippen LogP contribution < -0.4 is 10.1 Å². The molecule has 1 heterocycles. The molecule has 3 nitrogen and oxygen atoms in total. The molecule has 0 amide bonds. The van der Waals surface area contributed by atoms with Crippen LogP contribution in [0.1, 0.15) is 50.6 Å². The number of rotatable bonds is 8. The highest BCUT2D eigenvalue weighted by atomic mass is 16.5. The molecule has 2 unspecified atom stereocenters. The Hall–Kier alpha value is -1.06. The first-order chi connectivity index (χ1) is 10.3. The Morgan fingerprint density at radius 3 is 2.67 bits per heavy atom. The van der Waals surface area contributed by atoms with Crippen molar-refractivity contribution in [3.63, 3.8) is 0 Å². The lowest BCUT2D eigenvalue weighted by atomic mass is 10.0. The molecule has 21 heavy (non-hydrogen) atoms. The molecule has 0 aromatic heterocycles. The maximum Gasteiger partial charge on any atom is 0.119 e. The minimum atomic E-state index is 0.285. The Morgan fingerprint density at radius 1 is 1.24 bits per heavy atom. The average molecular weight is 289 g/mol. The fraction of sp³-hybridized carbons (Fsp3) is 0.667. The van der Waals surface area contributed by atoms with Crippen molar-refractivity contribution in [2.75, 3.05) is 19.8 Å². The van der Waals surface area contributed by atoms with Gasteiger partial charge in [-0.25, -0.2) is 0 Å². The third-order valence-corrected chi connectivity index (χ3v) is 4.50. The molecular formula is C18H27NO2. The average Bonchev–Trinajstić information content (AvgIpc) is 3.20. The van der Waals surface area contributed by atoms with Crippen LogP contribution in [0.4, 0.5) is 0 Å². The highest BCUT2D eigenvalue weighted by molar-refractivity contribution is 5.29. The molecule has 2 atom stereocenters. The van der Waals surface area contributed by atoms with Crippen LogP contribution in [0.3, 0.4) is 0 Å². The minimum Gasteiger partial charge on any atom is -0.491 e. The van der Waals surface area contributed by atoms with Crippen LogP contribution in [-0.4, -0.2) is 25.9 Å². The molecule has 2 aliphatic rings.